The third-order valence-corrected chi connectivity index (χ3v) is 7.52. The van der Waals surface area contributed by atoms with Gasteiger partial charge in [-0.3, -0.25) is 4.79 Å². The summed E-state index contributed by atoms with van der Waals surface area (Å²) < 4.78 is 18.4. The summed E-state index contributed by atoms with van der Waals surface area (Å²) in [5, 5.41) is 3.03. The number of benzene rings is 2. The molecule has 2 aromatic rings. The normalized spacial score (nSPS) is 22.9. The van der Waals surface area contributed by atoms with Crippen LogP contribution < -0.4 is 20.5 Å². The minimum Gasteiger partial charge on any atom is -0.490 e. The fourth-order valence-electron chi connectivity index (χ4n) is 5.41. The van der Waals surface area contributed by atoms with Gasteiger partial charge in [-0.05, 0) is 49.4 Å². The molecule has 0 heterocycles. The van der Waals surface area contributed by atoms with Crippen molar-refractivity contribution in [2.75, 3.05) is 32.9 Å². The van der Waals surface area contributed by atoms with E-state index >= 15 is 0 Å². The van der Waals surface area contributed by atoms with Crippen LogP contribution in [0.5, 0.6) is 11.5 Å². The van der Waals surface area contributed by atoms with Gasteiger partial charge in [-0.25, -0.2) is 0 Å². The van der Waals surface area contributed by atoms with Gasteiger partial charge in [0.2, 0.25) is 5.91 Å². The first kappa shape index (κ1) is 25.5. The molecule has 0 spiro atoms. The molecule has 6 nitrogen and oxygen atoms in total. The number of ether oxygens (including phenoxy) is 3. The number of hydrogen-bond acceptors (Lipinski definition) is 5. The van der Waals surface area contributed by atoms with E-state index in [1.165, 1.54) is 19.3 Å². The van der Waals surface area contributed by atoms with Gasteiger partial charge in [0.05, 0.1) is 19.8 Å². The molecule has 6 heteroatoms. The molecule has 2 saturated carbocycles. The second kappa shape index (κ2) is 11.9. The molecule has 2 unspecified atom stereocenters. The Kier molecular flexibility index (Phi) is 8.69. The average molecular weight is 481 g/mol. The van der Waals surface area contributed by atoms with Gasteiger partial charge < -0.3 is 25.3 Å². The Bertz CT molecular complexity index is 945. The van der Waals surface area contributed by atoms with Crippen LogP contribution in [-0.2, 0) is 15.1 Å². The summed E-state index contributed by atoms with van der Waals surface area (Å²) in [6.45, 7) is 4.72. The first-order chi connectivity index (χ1) is 17.1. The zero-order valence-corrected chi connectivity index (χ0v) is 21.0. The van der Waals surface area contributed by atoms with Crippen LogP contribution in [0.15, 0.2) is 54.6 Å². The van der Waals surface area contributed by atoms with Crippen LogP contribution in [0.2, 0.25) is 0 Å². The van der Waals surface area contributed by atoms with Crippen LogP contribution >= 0.6 is 0 Å². The van der Waals surface area contributed by atoms with Gasteiger partial charge in [0.25, 0.3) is 0 Å². The van der Waals surface area contributed by atoms with Gasteiger partial charge in [0.1, 0.15) is 5.60 Å². The smallest absolute Gasteiger partial charge is 0.220 e. The van der Waals surface area contributed by atoms with Crippen molar-refractivity contribution >= 4 is 5.91 Å². The molecule has 2 aliphatic rings. The average Bonchev–Trinajstić information content (AvgIpc) is 3.59. The highest BCUT2D eigenvalue weighted by molar-refractivity contribution is 5.76. The molecule has 0 aromatic heterocycles. The minimum atomic E-state index is -0.424. The SMILES string of the molecule is CCOc1ccccc1OC1(c2ccccc2)CC1COCCNC(=O)CC1(CN)CCCCC1. The van der Waals surface area contributed by atoms with Crippen molar-refractivity contribution in [2.24, 2.45) is 17.1 Å². The second-order valence-electron chi connectivity index (χ2n) is 10.0. The van der Waals surface area contributed by atoms with Gasteiger partial charge in [-0.2, -0.15) is 0 Å². The fourth-order valence-corrected chi connectivity index (χ4v) is 5.41. The first-order valence-corrected chi connectivity index (χ1v) is 13.1. The number of nitrogens with two attached hydrogens (primary N) is 1. The largest absolute Gasteiger partial charge is 0.490 e. The summed E-state index contributed by atoms with van der Waals surface area (Å²) in [6, 6.07) is 18.2. The maximum atomic E-state index is 12.5. The van der Waals surface area contributed by atoms with E-state index in [-0.39, 0.29) is 17.2 Å². The third-order valence-electron chi connectivity index (χ3n) is 7.52. The van der Waals surface area contributed by atoms with E-state index in [9.17, 15) is 4.79 Å². The number of para-hydroxylation sites is 2. The molecule has 0 radical (unpaired) electrons. The lowest BCUT2D eigenvalue weighted by Crippen LogP contribution is -2.39. The second-order valence-corrected chi connectivity index (χ2v) is 10.0. The number of carbonyl (C=O) groups excluding carboxylic acids is 1. The molecular formula is C29H40N2O4. The van der Waals surface area contributed by atoms with E-state index in [1.807, 2.05) is 49.4 Å². The van der Waals surface area contributed by atoms with Crippen LogP contribution in [0, 0.1) is 11.3 Å². The van der Waals surface area contributed by atoms with E-state index < -0.39 is 5.60 Å². The number of amides is 1. The zero-order valence-electron chi connectivity index (χ0n) is 21.0. The van der Waals surface area contributed by atoms with E-state index in [0.29, 0.717) is 39.3 Å². The van der Waals surface area contributed by atoms with E-state index in [1.54, 1.807) is 0 Å². The van der Waals surface area contributed by atoms with Crippen molar-refractivity contribution in [3.05, 3.63) is 60.2 Å². The standard InChI is InChI=1S/C29H40N2O4/c1-2-34-25-13-7-8-14-26(25)35-29(23-11-5-3-6-12-23)19-24(29)21-33-18-17-31-27(32)20-28(22-30)15-9-4-10-16-28/h3,5-8,11-14,24H,2,4,9-10,15-22,30H2,1H3,(H,31,32). The van der Waals surface area contributed by atoms with Crippen LogP contribution in [0.4, 0.5) is 0 Å². The molecule has 4 rings (SSSR count). The van der Waals surface area contributed by atoms with Crippen molar-refractivity contribution in [3.63, 3.8) is 0 Å². The quantitative estimate of drug-likeness (QED) is 0.402. The van der Waals surface area contributed by atoms with E-state index in [0.717, 1.165) is 36.3 Å². The lowest BCUT2D eigenvalue weighted by Gasteiger charge is -2.35. The maximum Gasteiger partial charge on any atom is 0.220 e. The van der Waals surface area contributed by atoms with Crippen molar-refractivity contribution in [1.82, 2.24) is 5.32 Å². The first-order valence-electron chi connectivity index (χ1n) is 13.1. The Labute approximate surface area is 209 Å². The Balaban J connectivity index is 1.28. The molecule has 35 heavy (non-hydrogen) atoms. The zero-order chi connectivity index (χ0) is 24.6. The lowest BCUT2D eigenvalue weighted by atomic mass is 9.72. The van der Waals surface area contributed by atoms with Crippen molar-refractivity contribution < 1.29 is 19.0 Å². The Morgan fingerprint density at radius 3 is 2.46 bits per heavy atom. The molecule has 2 atom stereocenters. The Morgan fingerprint density at radius 1 is 1.03 bits per heavy atom. The predicted molar refractivity (Wildman–Crippen MR) is 137 cm³/mol. The van der Waals surface area contributed by atoms with Crippen LogP contribution in [0.1, 0.15) is 57.4 Å². The highest BCUT2D eigenvalue weighted by Crippen LogP contribution is 2.56. The topological polar surface area (TPSA) is 82.8 Å². The summed E-state index contributed by atoms with van der Waals surface area (Å²) in [5.41, 5.74) is 6.74. The molecule has 0 aliphatic heterocycles. The Hall–Kier alpha value is -2.57. The Morgan fingerprint density at radius 2 is 1.74 bits per heavy atom. The number of rotatable bonds is 13. The van der Waals surface area contributed by atoms with Gasteiger partial charge in [0, 0.05) is 25.3 Å². The fraction of sp³-hybridized carbons (Fsp3) is 0.552. The van der Waals surface area contributed by atoms with Gasteiger partial charge >= 0.3 is 0 Å². The molecule has 0 saturated heterocycles. The number of nitrogens with one attached hydrogen (secondary N) is 1. The molecule has 1 amide bonds. The summed E-state index contributed by atoms with van der Waals surface area (Å²) in [6.07, 6.45) is 7.12. The third kappa shape index (κ3) is 6.36. The van der Waals surface area contributed by atoms with Crippen molar-refractivity contribution in [3.8, 4) is 11.5 Å². The summed E-state index contributed by atoms with van der Waals surface area (Å²) >= 11 is 0. The summed E-state index contributed by atoms with van der Waals surface area (Å²) in [4.78, 5) is 12.5. The number of hydrogen-bond donors (Lipinski definition) is 2. The van der Waals surface area contributed by atoms with Gasteiger partial charge in [0.15, 0.2) is 11.5 Å². The maximum absolute atomic E-state index is 12.5. The molecule has 190 valence electrons. The number of carbonyl (C=O) groups is 1. The van der Waals surface area contributed by atoms with Crippen LogP contribution in [0.3, 0.4) is 0 Å². The lowest BCUT2D eigenvalue weighted by molar-refractivity contribution is -0.124. The van der Waals surface area contributed by atoms with Crippen molar-refractivity contribution in [2.45, 2.75) is 57.5 Å². The molecule has 2 aliphatic carbocycles. The van der Waals surface area contributed by atoms with Gasteiger partial charge in [-0.15, -0.1) is 0 Å². The monoisotopic (exact) mass is 480 g/mol. The van der Waals surface area contributed by atoms with Crippen molar-refractivity contribution in [1.29, 1.82) is 0 Å². The van der Waals surface area contributed by atoms with Crippen LogP contribution in [-0.4, -0.2) is 38.8 Å². The molecule has 0 bridgehead atoms. The molecular weight excluding hydrogens is 440 g/mol. The molecule has 2 fully saturated rings. The summed E-state index contributed by atoms with van der Waals surface area (Å²) in [5.74, 6) is 1.83. The van der Waals surface area contributed by atoms with E-state index in [4.69, 9.17) is 19.9 Å². The predicted octanol–water partition coefficient (Wildman–Crippen LogP) is 4.81. The highest BCUT2D eigenvalue weighted by atomic mass is 16.5. The van der Waals surface area contributed by atoms with E-state index in [2.05, 4.69) is 17.4 Å². The van der Waals surface area contributed by atoms with Gasteiger partial charge in [-0.1, -0.05) is 61.7 Å². The molecule has 2 aromatic carbocycles. The molecule has 3 N–H and O–H groups in total. The minimum absolute atomic E-state index is 0.0123. The summed E-state index contributed by atoms with van der Waals surface area (Å²) in [7, 11) is 0. The van der Waals surface area contributed by atoms with Crippen LogP contribution in [0.25, 0.3) is 0 Å². The highest BCUT2D eigenvalue weighted by Gasteiger charge is 2.58.